The van der Waals surface area contributed by atoms with Crippen molar-refractivity contribution in [3.05, 3.63) is 88.9 Å². The second-order valence-corrected chi connectivity index (χ2v) is 5.88. The number of ether oxygens (including phenoxy) is 1. The van der Waals surface area contributed by atoms with Crippen molar-refractivity contribution >= 4 is 11.6 Å². The zero-order chi connectivity index (χ0) is 16.9. The van der Waals surface area contributed by atoms with Crippen LogP contribution in [0.25, 0.3) is 11.1 Å². The molecule has 0 bridgehead atoms. The Morgan fingerprint density at radius 1 is 0.917 bits per heavy atom. The van der Waals surface area contributed by atoms with E-state index in [2.05, 4.69) is 6.07 Å². The largest absolute Gasteiger partial charge is 0.496 e. The molecule has 0 aromatic heterocycles. The summed E-state index contributed by atoms with van der Waals surface area (Å²) in [7, 11) is 1.64. The Hall–Kier alpha value is -2.76. The molecule has 0 aliphatic heterocycles. The van der Waals surface area contributed by atoms with Gasteiger partial charge < -0.3 is 4.74 Å². The Morgan fingerprint density at radius 2 is 1.58 bits per heavy atom. The Bertz CT molecular complexity index is 867. The minimum Gasteiger partial charge on any atom is -0.496 e. The van der Waals surface area contributed by atoms with E-state index in [1.54, 1.807) is 13.2 Å². The number of benzene rings is 3. The van der Waals surface area contributed by atoms with Crippen LogP contribution in [0.4, 0.5) is 0 Å². The number of rotatable bonds is 4. The first-order chi connectivity index (χ1) is 11.7. The van der Waals surface area contributed by atoms with E-state index in [4.69, 9.17) is 16.3 Å². The van der Waals surface area contributed by atoms with Crippen LogP contribution in [-0.4, -0.2) is 7.11 Å². The molecule has 0 saturated carbocycles. The molecule has 0 amide bonds. The van der Waals surface area contributed by atoms with Gasteiger partial charge in [-0.25, -0.2) is 0 Å². The number of halogens is 1. The molecule has 24 heavy (non-hydrogen) atoms. The van der Waals surface area contributed by atoms with Crippen LogP contribution in [0.1, 0.15) is 17.0 Å². The Balaban J connectivity index is 1.97. The number of hydrogen-bond donors (Lipinski definition) is 0. The lowest BCUT2D eigenvalue weighted by Gasteiger charge is -2.12. The van der Waals surface area contributed by atoms with Crippen molar-refractivity contribution in [2.75, 3.05) is 7.11 Å². The Labute approximate surface area is 146 Å². The SMILES string of the molecule is COc1ccc(Cl)cc1-c1ccc(C(C#N)c2ccccc2)cc1. The van der Waals surface area contributed by atoms with Crippen molar-refractivity contribution in [2.24, 2.45) is 0 Å². The van der Waals surface area contributed by atoms with Gasteiger partial charge in [0.05, 0.1) is 19.1 Å². The van der Waals surface area contributed by atoms with Gasteiger partial charge in [-0.3, -0.25) is 0 Å². The standard InChI is InChI=1S/C21H16ClNO/c1-24-21-12-11-18(22)13-19(21)16-7-9-17(10-8-16)20(14-23)15-5-3-2-4-6-15/h2-13,20H,1H3. The van der Waals surface area contributed by atoms with Crippen LogP contribution in [-0.2, 0) is 0 Å². The van der Waals surface area contributed by atoms with E-state index in [9.17, 15) is 5.26 Å². The third-order valence-electron chi connectivity index (χ3n) is 3.98. The van der Waals surface area contributed by atoms with Gasteiger partial charge in [0.1, 0.15) is 5.75 Å². The van der Waals surface area contributed by atoms with E-state index in [0.29, 0.717) is 5.02 Å². The first kappa shape index (κ1) is 16.1. The molecule has 0 saturated heterocycles. The van der Waals surface area contributed by atoms with Crippen LogP contribution in [0.2, 0.25) is 5.02 Å². The molecule has 0 heterocycles. The van der Waals surface area contributed by atoms with Gasteiger partial charge in [0.2, 0.25) is 0 Å². The molecule has 3 aromatic rings. The minimum atomic E-state index is -0.276. The molecule has 0 aliphatic carbocycles. The number of nitrogens with zero attached hydrogens (tertiary/aromatic N) is 1. The van der Waals surface area contributed by atoms with Crippen LogP contribution in [0.3, 0.4) is 0 Å². The maximum atomic E-state index is 9.55. The van der Waals surface area contributed by atoms with Crippen molar-refractivity contribution < 1.29 is 4.74 Å². The summed E-state index contributed by atoms with van der Waals surface area (Å²) >= 11 is 6.11. The van der Waals surface area contributed by atoms with Crippen molar-refractivity contribution in [3.8, 4) is 22.9 Å². The molecule has 3 rings (SSSR count). The fourth-order valence-corrected chi connectivity index (χ4v) is 2.92. The first-order valence-corrected chi connectivity index (χ1v) is 7.99. The summed E-state index contributed by atoms with van der Waals surface area (Å²) in [6.45, 7) is 0. The van der Waals surface area contributed by atoms with E-state index in [1.807, 2.05) is 66.7 Å². The molecule has 3 aromatic carbocycles. The van der Waals surface area contributed by atoms with Gasteiger partial charge in [-0.2, -0.15) is 5.26 Å². The quantitative estimate of drug-likeness (QED) is 0.616. The van der Waals surface area contributed by atoms with Crippen LogP contribution >= 0.6 is 11.6 Å². The zero-order valence-corrected chi connectivity index (χ0v) is 14.0. The van der Waals surface area contributed by atoms with E-state index in [-0.39, 0.29) is 5.92 Å². The fraction of sp³-hybridized carbons (Fsp3) is 0.0952. The maximum absolute atomic E-state index is 9.55. The van der Waals surface area contributed by atoms with Gasteiger partial charge >= 0.3 is 0 Å². The summed E-state index contributed by atoms with van der Waals surface area (Å²) in [6.07, 6.45) is 0. The van der Waals surface area contributed by atoms with Gasteiger partial charge in [0.25, 0.3) is 0 Å². The summed E-state index contributed by atoms with van der Waals surface area (Å²) in [6, 6.07) is 25.7. The fourth-order valence-electron chi connectivity index (χ4n) is 2.75. The van der Waals surface area contributed by atoms with Crippen LogP contribution < -0.4 is 4.74 Å². The molecular formula is C21H16ClNO. The van der Waals surface area contributed by atoms with E-state index in [0.717, 1.165) is 28.0 Å². The van der Waals surface area contributed by atoms with Gasteiger partial charge in [0, 0.05) is 10.6 Å². The summed E-state index contributed by atoms with van der Waals surface area (Å²) in [5.74, 6) is 0.494. The molecule has 1 atom stereocenters. The molecule has 3 heteroatoms. The topological polar surface area (TPSA) is 33.0 Å². The highest BCUT2D eigenvalue weighted by Crippen LogP contribution is 2.34. The molecule has 0 radical (unpaired) electrons. The van der Waals surface area contributed by atoms with Gasteiger partial charge in [-0.15, -0.1) is 0 Å². The highest BCUT2D eigenvalue weighted by molar-refractivity contribution is 6.31. The highest BCUT2D eigenvalue weighted by Gasteiger charge is 2.14. The van der Waals surface area contributed by atoms with E-state index in [1.165, 1.54) is 0 Å². The maximum Gasteiger partial charge on any atom is 0.126 e. The van der Waals surface area contributed by atoms with Crippen molar-refractivity contribution in [1.82, 2.24) is 0 Å². The number of nitriles is 1. The second kappa shape index (κ2) is 7.21. The number of methoxy groups -OCH3 is 1. The number of hydrogen-bond acceptors (Lipinski definition) is 2. The highest BCUT2D eigenvalue weighted by atomic mass is 35.5. The molecule has 0 N–H and O–H groups in total. The first-order valence-electron chi connectivity index (χ1n) is 7.61. The smallest absolute Gasteiger partial charge is 0.126 e. The molecule has 0 spiro atoms. The average Bonchev–Trinajstić information content (AvgIpc) is 2.64. The van der Waals surface area contributed by atoms with Gasteiger partial charge in [0.15, 0.2) is 0 Å². The Morgan fingerprint density at radius 3 is 2.21 bits per heavy atom. The zero-order valence-electron chi connectivity index (χ0n) is 13.2. The van der Waals surface area contributed by atoms with Crippen molar-refractivity contribution in [1.29, 1.82) is 5.26 Å². The summed E-state index contributed by atoms with van der Waals surface area (Å²) < 4.78 is 5.41. The van der Waals surface area contributed by atoms with Crippen molar-refractivity contribution in [2.45, 2.75) is 5.92 Å². The monoisotopic (exact) mass is 333 g/mol. The minimum absolute atomic E-state index is 0.276. The third-order valence-corrected chi connectivity index (χ3v) is 4.21. The van der Waals surface area contributed by atoms with Crippen LogP contribution in [0, 0.1) is 11.3 Å². The summed E-state index contributed by atoms with van der Waals surface area (Å²) in [5.41, 5.74) is 3.90. The normalized spacial score (nSPS) is 11.5. The molecule has 1 unspecified atom stereocenters. The van der Waals surface area contributed by atoms with E-state index < -0.39 is 0 Å². The lowest BCUT2D eigenvalue weighted by molar-refractivity contribution is 0.416. The molecule has 2 nitrogen and oxygen atoms in total. The molecule has 118 valence electrons. The van der Waals surface area contributed by atoms with Gasteiger partial charge in [-0.1, -0.05) is 66.2 Å². The Kier molecular flexibility index (Phi) is 4.84. The molecule has 0 aliphatic rings. The predicted molar refractivity (Wildman–Crippen MR) is 97.3 cm³/mol. The van der Waals surface area contributed by atoms with E-state index >= 15 is 0 Å². The summed E-state index contributed by atoms with van der Waals surface area (Å²) in [4.78, 5) is 0. The third kappa shape index (κ3) is 3.27. The molecular weight excluding hydrogens is 318 g/mol. The van der Waals surface area contributed by atoms with Gasteiger partial charge in [-0.05, 0) is 34.9 Å². The van der Waals surface area contributed by atoms with Crippen molar-refractivity contribution in [3.63, 3.8) is 0 Å². The van der Waals surface area contributed by atoms with Crippen LogP contribution in [0.5, 0.6) is 5.75 Å². The second-order valence-electron chi connectivity index (χ2n) is 5.44. The average molecular weight is 334 g/mol. The lowest BCUT2D eigenvalue weighted by atomic mass is 9.91. The lowest BCUT2D eigenvalue weighted by Crippen LogP contribution is -1.98. The van der Waals surface area contributed by atoms with Crippen LogP contribution in [0.15, 0.2) is 72.8 Å². The summed E-state index contributed by atoms with van der Waals surface area (Å²) in [5, 5.41) is 10.2. The molecule has 0 fully saturated rings. The predicted octanol–water partition coefficient (Wildman–Crippen LogP) is 5.67.